The van der Waals surface area contributed by atoms with E-state index in [1.165, 1.54) is 69.8 Å². The molecule has 2 aliphatic carbocycles. The maximum atomic E-state index is 14.8. The largest absolute Gasteiger partial charge is 1.00 e. The summed E-state index contributed by atoms with van der Waals surface area (Å²) in [6, 6.07) is 18.0. The van der Waals surface area contributed by atoms with Crippen LogP contribution in [0.3, 0.4) is 0 Å². The molecule has 0 saturated carbocycles. The fraction of sp³-hybridized carbons (Fsp3) is 0.482. The topological polar surface area (TPSA) is 0 Å². The fourth-order valence-corrected chi connectivity index (χ4v) is 19.3. The van der Waals surface area contributed by atoms with Crippen molar-refractivity contribution >= 4 is 6.48 Å². The van der Waals surface area contributed by atoms with Crippen LogP contribution in [0.5, 0.6) is 0 Å². The van der Waals surface area contributed by atoms with Crippen molar-refractivity contribution in [1.29, 1.82) is 0 Å². The van der Waals surface area contributed by atoms with Gasteiger partial charge in [0.25, 0.3) is 0 Å². The molecule has 0 aliphatic heterocycles. The van der Waals surface area contributed by atoms with Crippen molar-refractivity contribution in [1.82, 2.24) is 0 Å². The molecule has 4 aromatic carbocycles. The molecule has 1 atom stereocenters. The van der Waals surface area contributed by atoms with E-state index in [4.69, 9.17) is 0 Å². The van der Waals surface area contributed by atoms with Crippen LogP contribution in [0.2, 0.25) is 0 Å². The number of hydrogen-bond donors (Lipinski definition) is 0. The minimum absolute atomic E-state index is 0. The summed E-state index contributed by atoms with van der Waals surface area (Å²) < 4.78 is 92.0. The monoisotopic (exact) mass is 1010 g/mol. The number of rotatable bonds is 6. The molecule has 0 nitrogen and oxygen atoms in total. The first-order valence-electron chi connectivity index (χ1n) is 22.6. The van der Waals surface area contributed by atoms with Crippen LogP contribution in [0.1, 0.15) is 179 Å². The average molecular weight is 1020 g/mol. The van der Waals surface area contributed by atoms with Gasteiger partial charge in [0.1, 0.15) is 0 Å². The number of allylic oxidation sites excluding steroid dienone is 4. The molecule has 0 saturated heterocycles. The van der Waals surface area contributed by atoms with Crippen molar-refractivity contribution in [2.24, 2.45) is 11.3 Å². The second kappa shape index (κ2) is 18.6. The Bertz CT molecular complexity index is 2470. The predicted octanol–water partition coefficient (Wildman–Crippen LogP) is 10.3. The Morgan fingerprint density at radius 1 is 0.569 bits per heavy atom. The molecule has 0 radical (unpaired) electrons. The summed E-state index contributed by atoms with van der Waals surface area (Å²) >= 11 is -4.06. The summed E-state index contributed by atoms with van der Waals surface area (Å²) in [6.07, 6.45) is -2.29. The second-order valence-corrected chi connectivity index (χ2v) is 28.9. The van der Waals surface area contributed by atoms with Gasteiger partial charge in [0.2, 0.25) is 0 Å². The fourth-order valence-electron chi connectivity index (χ4n) is 9.74. The van der Waals surface area contributed by atoms with Crippen LogP contribution in [0.25, 0.3) is 11.1 Å². The van der Waals surface area contributed by atoms with Crippen molar-refractivity contribution in [3.05, 3.63) is 143 Å². The zero-order chi connectivity index (χ0) is 47.2. The molecule has 0 spiro atoms. The van der Waals surface area contributed by atoms with Gasteiger partial charge in [-0.3, -0.25) is 0 Å². The predicted molar refractivity (Wildman–Crippen MR) is 249 cm³/mol. The third-order valence-electron chi connectivity index (χ3n) is 12.8. The normalized spacial score (nSPS) is 15.6. The Morgan fingerprint density at radius 3 is 1.45 bits per heavy atom. The summed E-state index contributed by atoms with van der Waals surface area (Å²) in [6.45, 7) is 35.6. The smallest absolute Gasteiger partial charge is 1.00 e. The molecule has 65 heavy (non-hydrogen) atoms. The molecule has 0 amide bonds. The number of fused-ring (bicyclic) bond motifs is 3. The standard InChI is InChI=1S/C29H41.C15H8F6.C12H19.2ClH.Zr/c1-26(2,3)22-14-18-13-19-15-23(27(4,5)6)25(29(10,11)12)17-21(19)20(18)16-24(22)28(7,8)9;16-14(17,18)12-5-1-3-10(8-12)7-11-4-2-6-13(9-11)15(19,20)21;1-5-6-10-7-8-11(9-10)12(2,3)4;;;/h14,16-17H,13H2,1-12H3;1-6,8-9H;8-10H,5-6H2,1-4H3;2*1H;/q;;;;;+2/p-2. The minimum atomic E-state index is -4.65. The van der Waals surface area contributed by atoms with Crippen LogP contribution >= 0.6 is 0 Å². The van der Waals surface area contributed by atoms with Gasteiger partial charge >= 0.3 is 384 Å². The molecular formula is C56H68Cl2F6Zr. The zero-order valence-corrected chi connectivity index (χ0v) is 45.2. The average Bonchev–Trinajstić information content (AvgIpc) is 3.72. The van der Waals surface area contributed by atoms with E-state index in [9.17, 15) is 26.3 Å². The van der Waals surface area contributed by atoms with E-state index in [0.29, 0.717) is 20.8 Å². The number of alkyl halides is 6. The molecular weight excluding hydrogens is 949 g/mol. The van der Waals surface area contributed by atoms with Gasteiger partial charge in [-0.2, -0.15) is 0 Å². The second-order valence-electron chi connectivity index (χ2n) is 23.2. The van der Waals surface area contributed by atoms with E-state index >= 15 is 0 Å². The van der Waals surface area contributed by atoms with Crippen molar-refractivity contribution in [2.75, 3.05) is 0 Å². The molecule has 2 aliphatic rings. The first kappa shape index (κ1) is 54.9. The number of halogens is 8. The Hall–Kier alpha value is -2.73. The third kappa shape index (κ3) is 11.3. The summed E-state index contributed by atoms with van der Waals surface area (Å²) in [7, 11) is 0. The molecule has 0 aromatic heterocycles. The van der Waals surface area contributed by atoms with E-state index in [1.54, 1.807) is 12.1 Å². The SMILES string of the molecule is CCCC1C=C(C(C)(C)C)C=[C]1[Zr+2](=[C](c1cccc(C(F)(F)F)c1)c1cccc(C(F)(F)F)c1)[c]1c2c(cc(C(C)(C)C)c1C(C)(C)C)-c1cc(C(C)(C)C)c(C(C)(C)C)cc1C2.[Cl-].[Cl-]. The van der Waals surface area contributed by atoms with E-state index < -0.39 is 50.2 Å². The first-order valence-corrected chi connectivity index (χ1v) is 26.3. The third-order valence-corrected chi connectivity index (χ3v) is 20.7. The molecule has 9 heteroatoms. The van der Waals surface area contributed by atoms with Gasteiger partial charge in [-0.1, -0.05) is 0 Å². The van der Waals surface area contributed by atoms with E-state index in [-0.39, 0.29) is 52.4 Å². The van der Waals surface area contributed by atoms with Gasteiger partial charge in [-0.25, -0.2) is 0 Å². The van der Waals surface area contributed by atoms with E-state index in [2.05, 4.69) is 141 Å². The Kier molecular flexibility index (Phi) is 15.7. The van der Waals surface area contributed by atoms with Crippen molar-refractivity contribution in [3.8, 4) is 11.1 Å². The van der Waals surface area contributed by atoms with Crippen LogP contribution in [0, 0.1) is 11.3 Å². The number of benzene rings is 4. The van der Waals surface area contributed by atoms with E-state index in [1.807, 2.05) is 0 Å². The quantitative estimate of drug-likeness (QED) is 0.149. The van der Waals surface area contributed by atoms with Crippen LogP contribution < -0.4 is 28.1 Å². The van der Waals surface area contributed by atoms with Gasteiger partial charge in [0, 0.05) is 0 Å². The number of hydrogen-bond acceptors (Lipinski definition) is 0. The van der Waals surface area contributed by atoms with Crippen molar-refractivity contribution in [2.45, 2.75) is 164 Å². The summed E-state index contributed by atoms with van der Waals surface area (Å²) in [5, 5.41) is 0. The van der Waals surface area contributed by atoms with Crippen LogP contribution in [-0.4, -0.2) is 3.21 Å². The summed E-state index contributed by atoms with van der Waals surface area (Å²) in [5.74, 6) is -0.0178. The van der Waals surface area contributed by atoms with Crippen molar-refractivity contribution in [3.63, 3.8) is 0 Å². The molecule has 6 rings (SSSR count). The summed E-state index contributed by atoms with van der Waals surface area (Å²) in [5.41, 5.74) is 8.53. The molecule has 0 heterocycles. The molecule has 4 aromatic rings. The van der Waals surface area contributed by atoms with Gasteiger partial charge < -0.3 is 24.8 Å². The van der Waals surface area contributed by atoms with Crippen LogP contribution in [0.4, 0.5) is 26.3 Å². The molecule has 1 unspecified atom stereocenters. The minimum Gasteiger partial charge on any atom is -1.00 e. The van der Waals surface area contributed by atoms with E-state index in [0.717, 1.165) is 36.1 Å². The van der Waals surface area contributed by atoms with Crippen LogP contribution in [0.15, 0.2) is 87.7 Å². The Balaban J connectivity index is 0.00000462. The molecule has 0 N–H and O–H groups in total. The molecule has 0 fully saturated rings. The summed E-state index contributed by atoms with van der Waals surface area (Å²) in [4.78, 5) is 0. The molecule has 0 bridgehead atoms. The van der Waals surface area contributed by atoms with Gasteiger partial charge in [0.15, 0.2) is 0 Å². The Labute approximate surface area is 406 Å². The van der Waals surface area contributed by atoms with Gasteiger partial charge in [-0.15, -0.1) is 0 Å². The first-order chi connectivity index (χ1) is 28.6. The maximum absolute atomic E-state index is 14.8. The Morgan fingerprint density at radius 2 is 1.03 bits per heavy atom. The van der Waals surface area contributed by atoms with Crippen LogP contribution in [-0.2, 0) is 61.7 Å². The van der Waals surface area contributed by atoms with Gasteiger partial charge in [0.05, 0.1) is 0 Å². The van der Waals surface area contributed by atoms with Gasteiger partial charge in [-0.05, 0) is 0 Å². The van der Waals surface area contributed by atoms with Crippen molar-refractivity contribution < 1.29 is 72.4 Å². The zero-order valence-electron chi connectivity index (χ0n) is 41.2. The maximum Gasteiger partial charge on any atom is -1.00 e. The molecule has 352 valence electrons.